The van der Waals surface area contributed by atoms with Crippen LogP contribution in [0.4, 0.5) is 11.4 Å². The highest BCUT2D eigenvalue weighted by molar-refractivity contribution is 7.80. The molecule has 0 aromatic heterocycles. The summed E-state index contributed by atoms with van der Waals surface area (Å²) in [7, 11) is 1.66. The molecule has 1 fully saturated rings. The number of rotatable bonds is 5. The Bertz CT molecular complexity index is 822. The van der Waals surface area contributed by atoms with Gasteiger partial charge in [-0.1, -0.05) is 18.2 Å². The Hall–Kier alpha value is -2.60. The van der Waals surface area contributed by atoms with E-state index in [0.29, 0.717) is 18.1 Å². The zero-order valence-electron chi connectivity index (χ0n) is 15.0. The van der Waals surface area contributed by atoms with Crippen molar-refractivity contribution in [3.05, 3.63) is 53.6 Å². The molecule has 2 aromatic carbocycles. The minimum atomic E-state index is 0.197. The van der Waals surface area contributed by atoms with E-state index in [4.69, 9.17) is 17.0 Å². The van der Waals surface area contributed by atoms with Gasteiger partial charge in [0.05, 0.1) is 7.11 Å². The van der Waals surface area contributed by atoms with Gasteiger partial charge >= 0.3 is 0 Å². The predicted octanol–water partition coefficient (Wildman–Crippen LogP) is 3.62. The topological polar surface area (TPSA) is 53.6 Å². The van der Waals surface area contributed by atoms with Gasteiger partial charge in [0.1, 0.15) is 5.75 Å². The van der Waals surface area contributed by atoms with Crippen LogP contribution in [0.25, 0.3) is 0 Å². The fourth-order valence-corrected chi connectivity index (χ4v) is 3.33. The van der Waals surface area contributed by atoms with Gasteiger partial charge in [-0.15, -0.1) is 0 Å². The number of para-hydroxylation sites is 1. The number of thiocarbonyl (C=S) groups is 1. The first-order valence-corrected chi connectivity index (χ1v) is 9.07. The summed E-state index contributed by atoms with van der Waals surface area (Å²) in [6, 6.07) is 13.8. The van der Waals surface area contributed by atoms with Gasteiger partial charge in [-0.25, -0.2) is 0 Å². The molecule has 3 rings (SSSR count). The lowest BCUT2D eigenvalue weighted by atomic mass is 10.1. The second-order valence-electron chi connectivity index (χ2n) is 6.27. The van der Waals surface area contributed by atoms with Crippen LogP contribution in [0, 0.1) is 6.92 Å². The van der Waals surface area contributed by atoms with Gasteiger partial charge < -0.3 is 20.3 Å². The van der Waals surface area contributed by atoms with E-state index in [1.807, 2.05) is 54.3 Å². The Morgan fingerprint density at radius 2 is 2.08 bits per heavy atom. The molecule has 1 aliphatic rings. The van der Waals surface area contributed by atoms with Gasteiger partial charge in [-0.2, -0.15) is 0 Å². The summed E-state index contributed by atoms with van der Waals surface area (Å²) in [6.45, 7) is 3.39. The van der Waals surface area contributed by atoms with Crippen LogP contribution in [0.1, 0.15) is 24.0 Å². The lowest BCUT2D eigenvalue weighted by molar-refractivity contribution is -0.117. The largest absolute Gasteiger partial charge is 0.496 e. The van der Waals surface area contributed by atoms with Gasteiger partial charge in [0.25, 0.3) is 0 Å². The molecule has 1 heterocycles. The van der Waals surface area contributed by atoms with Crippen LogP contribution >= 0.6 is 12.2 Å². The lowest BCUT2D eigenvalue weighted by Crippen LogP contribution is -2.28. The Morgan fingerprint density at radius 1 is 1.27 bits per heavy atom. The maximum absolute atomic E-state index is 11.9. The van der Waals surface area contributed by atoms with Crippen LogP contribution in [-0.4, -0.2) is 24.7 Å². The molecule has 2 aromatic rings. The van der Waals surface area contributed by atoms with E-state index in [2.05, 4.69) is 10.6 Å². The zero-order valence-corrected chi connectivity index (χ0v) is 15.9. The molecule has 6 heteroatoms. The highest BCUT2D eigenvalue weighted by atomic mass is 32.1. The Balaban J connectivity index is 1.61. The molecule has 5 nitrogen and oxygen atoms in total. The first kappa shape index (κ1) is 18.2. The number of anilines is 2. The van der Waals surface area contributed by atoms with Crippen LogP contribution in [0.2, 0.25) is 0 Å². The number of amides is 1. The monoisotopic (exact) mass is 369 g/mol. The molecular formula is C20H23N3O2S. The summed E-state index contributed by atoms with van der Waals surface area (Å²) >= 11 is 5.39. The van der Waals surface area contributed by atoms with Crippen LogP contribution in [0.5, 0.6) is 5.75 Å². The number of benzene rings is 2. The molecule has 0 spiro atoms. The summed E-state index contributed by atoms with van der Waals surface area (Å²) in [5.41, 5.74) is 3.97. The third-order valence-electron chi connectivity index (χ3n) is 4.45. The van der Waals surface area contributed by atoms with Gasteiger partial charge in [0, 0.05) is 36.4 Å². The summed E-state index contributed by atoms with van der Waals surface area (Å²) < 4.78 is 5.35. The number of aryl methyl sites for hydroxylation is 1. The molecule has 26 heavy (non-hydrogen) atoms. The number of nitrogens with zero attached hydrogens (tertiary/aromatic N) is 1. The van der Waals surface area contributed by atoms with Crippen LogP contribution in [-0.2, 0) is 11.3 Å². The average molecular weight is 369 g/mol. The van der Waals surface area contributed by atoms with Crippen molar-refractivity contribution in [1.82, 2.24) is 5.32 Å². The van der Waals surface area contributed by atoms with E-state index < -0.39 is 0 Å². The van der Waals surface area contributed by atoms with E-state index in [1.54, 1.807) is 7.11 Å². The van der Waals surface area contributed by atoms with Gasteiger partial charge in [-0.3, -0.25) is 4.79 Å². The molecular weight excluding hydrogens is 346 g/mol. The van der Waals surface area contributed by atoms with Gasteiger partial charge in [0.15, 0.2) is 5.11 Å². The molecule has 1 amide bonds. The molecule has 136 valence electrons. The smallest absolute Gasteiger partial charge is 0.227 e. The predicted molar refractivity (Wildman–Crippen MR) is 109 cm³/mol. The number of hydrogen-bond acceptors (Lipinski definition) is 3. The van der Waals surface area contributed by atoms with Crippen molar-refractivity contribution in [3.8, 4) is 5.75 Å². The van der Waals surface area contributed by atoms with Gasteiger partial charge in [0.2, 0.25) is 5.91 Å². The number of carbonyl (C=O) groups is 1. The number of ether oxygens (including phenoxy) is 1. The van der Waals surface area contributed by atoms with E-state index in [0.717, 1.165) is 41.2 Å². The molecule has 0 bridgehead atoms. The molecule has 0 atom stereocenters. The van der Waals surface area contributed by atoms with Gasteiger partial charge in [-0.05, 0) is 55.4 Å². The van der Waals surface area contributed by atoms with E-state index in [9.17, 15) is 4.79 Å². The Labute approximate surface area is 159 Å². The summed E-state index contributed by atoms with van der Waals surface area (Å²) in [5, 5.41) is 6.93. The first-order chi connectivity index (χ1) is 12.6. The van der Waals surface area contributed by atoms with Crippen molar-refractivity contribution >= 4 is 34.6 Å². The highest BCUT2D eigenvalue weighted by Gasteiger charge is 2.22. The highest BCUT2D eigenvalue weighted by Crippen LogP contribution is 2.27. The maximum atomic E-state index is 11.9. The lowest BCUT2D eigenvalue weighted by Gasteiger charge is -2.19. The van der Waals surface area contributed by atoms with Crippen molar-refractivity contribution in [2.24, 2.45) is 0 Å². The number of methoxy groups -OCH3 is 1. The summed E-state index contributed by atoms with van der Waals surface area (Å²) in [5.74, 6) is 1.03. The molecule has 1 saturated heterocycles. The van der Waals surface area contributed by atoms with Crippen LogP contribution in [0.3, 0.4) is 0 Å². The second kappa shape index (κ2) is 8.19. The Kier molecular flexibility index (Phi) is 5.73. The third-order valence-corrected chi connectivity index (χ3v) is 4.70. The normalized spacial score (nSPS) is 13.6. The third kappa shape index (κ3) is 4.14. The van der Waals surface area contributed by atoms with Crippen molar-refractivity contribution in [1.29, 1.82) is 0 Å². The van der Waals surface area contributed by atoms with Crippen molar-refractivity contribution < 1.29 is 9.53 Å². The van der Waals surface area contributed by atoms with E-state index in [-0.39, 0.29) is 5.91 Å². The SMILES string of the molecule is COc1ccccc1CNC(=S)Nc1ccc(N2CCCC2=O)c(C)c1. The van der Waals surface area contributed by atoms with E-state index >= 15 is 0 Å². The molecule has 0 radical (unpaired) electrons. The zero-order chi connectivity index (χ0) is 18.5. The van der Waals surface area contributed by atoms with Crippen LogP contribution < -0.4 is 20.3 Å². The average Bonchev–Trinajstić information content (AvgIpc) is 3.06. The second-order valence-corrected chi connectivity index (χ2v) is 6.68. The number of carbonyl (C=O) groups excluding carboxylic acids is 1. The quantitative estimate of drug-likeness (QED) is 0.789. The minimum Gasteiger partial charge on any atom is -0.496 e. The van der Waals surface area contributed by atoms with E-state index in [1.165, 1.54) is 0 Å². The minimum absolute atomic E-state index is 0.197. The molecule has 0 aliphatic carbocycles. The standard InChI is InChI=1S/C20H23N3O2S/c1-14-12-16(9-10-17(14)23-11-5-8-19(23)24)22-20(26)21-13-15-6-3-4-7-18(15)25-2/h3-4,6-7,9-10,12H,5,8,11,13H2,1-2H3,(H2,21,22,26). The Morgan fingerprint density at radius 3 is 2.77 bits per heavy atom. The fraction of sp³-hybridized carbons (Fsp3) is 0.300. The molecule has 0 saturated carbocycles. The maximum Gasteiger partial charge on any atom is 0.227 e. The number of hydrogen-bond donors (Lipinski definition) is 2. The molecule has 0 unspecified atom stereocenters. The van der Waals surface area contributed by atoms with Crippen molar-refractivity contribution in [2.45, 2.75) is 26.3 Å². The first-order valence-electron chi connectivity index (χ1n) is 8.66. The van der Waals surface area contributed by atoms with Crippen LogP contribution in [0.15, 0.2) is 42.5 Å². The molecule has 2 N–H and O–H groups in total. The molecule has 1 aliphatic heterocycles. The summed E-state index contributed by atoms with van der Waals surface area (Å²) in [6.07, 6.45) is 1.56. The fourth-order valence-electron chi connectivity index (χ4n) is 3.14. The van der Waals surface area contributed by atoms with Crippen molar-refractivity contribution in [3.63, 3.8) is 0 Å². The number of nitrogens with one attached hydrogen (secondary N) is 2. The van der Waals surface area contributed by atoms with Crippen molar-refractivity contribution in [2.75, 3.05) is 23.9 Å². The summed E-state index contributed by atoms with van der Waals surface area (Å²) in [4.78, 5) is 13.8.